The van der Waals surface area contributed by atoms with Gasteiger partial charge in [0, 0.05) is 44.8 Å². The van der Waals surface area contributed by atoms with E-state index in [9.17, 15) is 4.79 Å². The smallest absolute Gasteiger partial charge is 0.410 e. The SMILES string of the molecule is CC(C)(C)OC(=O)N1CCC(COc2nc(N3CCOCC3)nc3c2CCN3c2cccnc2)C1. The van der Waals surface area contributed by atoms with Gasteiger partial charge < -0.3 is 28.9 Å². The van der Waals surface area contributed by atoms with E-state index in [4.69, 9.17) is 24.2 Å². The molecule has 3 aliphatic rings. The first-order valence-electron chi connectivity index (χ1n) is 12.4. The molecule has 10 heteroatoms. The van der Waals surface area contributed by atoms with Crippen molar-refractivity contribution in [3.8, 4) is 5.88 Å². The van der Waals surface area contributed by atoms with Gasteiger partial charge in [-0.15, -0.1) is 0 Å². The zero-order valence-corrected chi connectivity index (χ0v) is 20.8. The first kappa shape index (κ1) is 23.6. The quantitative estimate of drug-likeness (QED) is 0.637. The number of carbonyl (C=O) groups excluding carboxylic acids is 1. The summed E-state index contributed by atoms with van der Waals surface area (Å²) < 4.78 is 17.4. The number of amides is 1. The maximum absolute atomic E-state index is 12.4. The summed E-state index contributed by atoms with van der Waals surface area (Å²) in [4.78, 5) is 32.6. The van der Waals surface area contributed by atoms with Crippen molar-refractivity contribution in [3.63, 3.8) is 0 Å². The van der Waals surface area contributed by atoms with Gasteiger partial charge in [-0.3, -0.25) is 4.98 Å². The van der Waals surface area contributed by atoms with E-state index in [0.29, 0.717) is 44.7 Å². The second-order valence-corrected chi connectivity index (χ2v) is 10.2. The Kier molecular flexibility index (Phi) is 6.64. The number of likely N-dealkylation sites (tertiary alicyclic amines) is 1. The minimum absolute atomic E-state index is 0.232. The molecule has 1 unspecified atom stereocenters. The predicted molar refractivity (Wildman–Crippen MR) is 131 cm³/mol. The Bertz CT molecular complexity index is 1040. The molecule has 1 amide bonds. The summed E-state index contributed by atoms with van der Waals surface area (Å²) in [6.45, 7) is 11.1. The monoisotopic (exact) mass is 482 g/mol. The molecule has 2 saturated heterocycles. The zero-order valence-electron chi connectivity index (χ0n) is 20.8. The van der Waals surface area contributed by atoms with Crippen molar-refractivity contribution in [2.24, 2.45) is 5.92 Å². The van der Waals surface area contributed by atoms with Crippen molar-refractivity contribution in [1.82, 2.24) is 19.9 Å². The average molecular weight is 483 g/mol. The van der Waals surface area contributed by atoms with Crippen molar-refractivity contribution in [2.75, 3.05) is 62.3 Å². The van der Waals surface area contributed by atoms with Gasteiger partial charge in [-0.05, 0) is 45.7 Å². The van der Waals surface area contributed by atoms with Crippen LogP contribution < -0.4 is 14.5 Å². The number of ether oxygens (including phenoxy) is 3. The lowest BCUT2D eigenvalue weighted by Gasteiger charge is -2.28. The van der Waals surface area contributed by atoms with Crippen molar-refractivity contribution < 1.29 is 19.0 Å². The highest BCUT2D eigenvalue weighted by Gasteiger charge is 2.32. The molecular formula is C25H34N6O4. The molecular weight excluding hydrogens is 448 g/mol. The third kappa shape index (κ3) is 5.42. The van der Waals surface area contributed by atoms with Crippen LogP contribution in [0.25, 0.3) is 0 Å². The third-order valence-corrected chi connectivity index (χ3v) is 6.42. The first-order chi connectivity index (χ1) is 16.9. The molecule has 5 rings (SSSR count). The normalized spacial score (nSPS) is 20.2. The van der Waals surface area contributed by atoms with Crippen LogP contribution in [-0.2, 0) is 15.9 Å². The predicted octanol–water partition coefficient (Wildman–Crippen LogP) is 3.04. The average Bonchev–Trinajstić information content (AvgIpc) is 3.50. The highest BCUT2D eigenvalue weighted by molar-refractivity contribution is 5.69. The molecule has 2 aromatic rings. The van der Waals surface area contributed by atoms with Gasteiger partial charge in [0.2, 0.25) is 11.8 Å². The van der Waals surface area contributed by atoms with Crippen LogP contribution in [0.3, 0.4) is 0 Å². The van der Waals surface area contributed by atoms with Gasteiger partial charge in [-0.25, -0.2) is 4.79 Å². The Balaban J connectivity index is 1.33. The van der Waals surface area contributed by atoms with Crippen LogP contribution in [0.4, 0.5) is 22.2 Å². The van der Waals surface area contributed by atoms with E-state index in [-0.39, 0.29) is 12.0 Å². The van der Waals surface area contributed by atoms with Gasteiger partial charge in [0.05, 0.1) is 37.3 Å². The Hall–Kier alpha value is -3.14. The number of pyridine rings is 1. The Morgan fingerprint density at radius 1 is 1.17 bits per heavy atom. The van der Waals surface area contributed by atoms with Gasteiger partial charge in [0.25, 0.3) is 0 Å². The summed E-state index contributed by atoms with van der Waals surface area (Å²) in [5.74, 6) is 2.42. The third-order valence-electron chi connectivity index (χ3n) is 6.42. The van der Waals surface area contributed by atoms with E-state index in [0.717, 1.165) is 49.5 Å². The Morgan fingerprint density at radius 3 is 2.74 bits per heavy atom. The van der Waals surface area contributed by atoms with Crippen LogP contribution in [-0.4, -0.2) is 84.1 Å². The maximum atomic E-state index is 12.4. The molecule has 2 aromatic heterocycles. The summed E-state index contributed by atoms with van der Waals surface area (Å²) in [6, 6.07) is 3.98. The lowest BCUT2D eigenvalue weighted by atomic mass is 10.1. The van der Waals surface area contributed by atoms with Crippen LogP contribution in [0.2, 0.25) is 0 Å². The Labute approximate surface area is 206 Å². The number of morpholine rings is 1. The molecule has 0 radical (unpaired) electrons. The standard InChI is InChI=1S/C25H34N6O4/c1-25(2,3)35-24(32)30-9-6-18(16-30)17-34-22-20-7-10-31(19-5-4-8-26-15-19)21(20)27-23(28-22)29-11-13-33-14-12-29/h4-5,8,15,18H,6-7,9-14,16-17H2,1-3H3. The summed E-state index contributed by atoms with van der Waals surface area (Å²) in [7, 11) is 0. The molecule has 188 valence electrons. The highest BCUT2D eigenvalue weighted by Crippen LogP contribution is 2.38. The summed E-state index contributed by atoms with van der Waals surface area (Å²) in [5, 5.41) is 0. The molecule has 35 heavy (non-hydrogen) atoms. The molecule has 1 atom stereocenters. The molecule has 3 aliphatic heterocycles. The van der Waals surface area contributed by atoms with E-state index in [2.05, 4.69) is 14.8 Å². The number of anilines is 3. The number of aromatic nitrogens is 3. The molecule has 0 spiro atoms. The Morgan fingerprint density at radius 2 is 2.00 bits per heavy atom. The number of rotatable bonds is 5. The molecule has 0 saturated carbocycles. The van der Waals surface area contributed by atoms with E-state index < -0.39 is 5.60 Å². The summed E-state index contributed by atoms with van der Waals surface area (Å²) in [5.41, 5.74) is 1.53. The van der Waals surface area contributed by atoms with Gasteiger partial charge in [0.15, 0.2) is 0 Å². The van der Waals surface area contributed by atoms with E-state index >= 15 is 0 Å². The molecule has 5 heterocycles. The number of hydrogen-bond donors (Lipinski definition) is 0. The fourth-order valence-electron chi connectivity index (χ4n) is 4.66. The van der Waals surface area contributed by atoms with Crippen LogP contribution >= 0.6 is 0 Å². The van der Waals surface area contributed by atoms with Crippen LogP contribution in [0, 0.1) is 5.92 Å². The second-order valence-electron chi connectivity index (χ2n) is 10.2. The van der Waals surface area contributed by atoms with Gasteiger partial charge in [0.1, 0.15) is 11.4 Å². The highest BCUT2D eigenvalue weighted by atomic mass is 16.6. The summed E-state index contributed by atoms with van der Waals surface area (Å²) >= 11 is 0. The van der Waals surface area contributed by atoms with Crippen molar-refractivity contribution in [1.29, 1.82) is 0 Å². The fourth-order valence-corrected chi connectivity index (χ4v) is 4.66. The largest absolute Gasteiger partial charge is 0.477 e. The summed E-state index contributed by atoms with van der Waals surface area (Å²) in [6.07, 6.45) is 5.05. The van der Waals surface area contributed by atoms with Crippen LogP contribution in [0.1, 0.15) is 32.8 Å². The number of nitrogens with zero attached hydrogens (tertiary/aromatic N) is 6. The van der Waals surface area contributed by atoms with Crippen molar-refractivity contribution in [3.05, 3.63) is 30.1 Å². The second kappa shape index (κ2) is 9.85. The molecule has 10 nitrogen and oxygen atoms in total. The van der Waals surface area contributed by atoms with Gasteiger partial charge >= 0.3 is 6.09 Å². The molecule has 0 bridgehead atoms. The minimum atomic E-state index is -0.497. The van der Waals surface area contributed by atoms with E-state index in [1.165, 1.54) is 0 Å². The van der Waals surface area contributed by atoms with Gasteiger partial charge in [-0.1, -0.05) is 0 Å². The lowest BCUT2D eigenvalue weighted by Crippen LogP contribution is -2.37. The van der Waals surface area contributed by atoms with Gasteiger partial charge in [-0.2, -0.15) is 9.97 Å². The number of fused-ring (bicyclic) bond motifs is 1. The van der Waals surface area contributed by atoms with Crippen LogP contribution in [0.15, 0.2) is 24.5 Å². The van der Waals surface area contributed by atoms with E-state index in [1.54, 1.807) is 11.1 Å². The van der Waals surface area contributed by atoms with Crippen molar-refractivity contribution in [2.45, 2.75) is 39.2 Å². The molecule has 0 aromatic carbocycles. The van der Waals surface area contributed by atoms with Crippen molar-refractivity contribution >= 4 is 23.5 Å². The maximum Gasteiger partial charge on any atom is 0.410 e. The molecule has 2 fully saturated rings. The topological polar surface area (TPSA) is 93.1 Å². The first-order valence-corrected chi connectivity index (χ1v) is 12.4. The number of carbonyl (C=O) groups is 1. The number of hydrogen-bond acceptors (Lipinski definition) is 9. The lowest BCUT2D eigenvalue weighted by molar-refractivity contribution is 0.0284. The molecule has 0 aliphatic carbocycles. The minimum Gasteiger partial charge on any atom is -0.477 e. The van der Waals surface area contributed by atoms with E-state index in [1.807, 2.05) is 39.1 Å². The zero-order chi connectivity index (χ0) is 24.4. The molecule has 0 N–H and O–H groups in total. The van der Waals surface area contributed by atoms with Crippen LogP contribution in [0.5, 0.6) is 5.88 Å². The fraction of sp³-hybridized carbons (Fsp3) is 0.600.